The molecule has 0 heterocycles. The summed E-state index contributed by atoms with van der Waals surface area (Å²) < 4.78 is 4.88. The van der Waals surface area contributed by atoms with Crippen LogP contribution in [-0.4, -0.2) is 17.9 Å². The first kappa shape index (κ1) is 11.1. The molecule has 0 radical (unpaired) electrons. The molecule has 3 heteroatoms. The van der Waals surface area contributed by atoms with Gasteiger partial charge in [0.25, 0.3) is 0 Å². The van der Waals surface area contributed by atoms with Gasteiger partial charge in [0.1, 0.15) is 0 Å². The van der Waals surface area contributed by atoms with Crippen LogP contribution in [0.4, 0.5) is 0 Å². The summed E-state index contributed by atoms with van der Waals surface area (Å²) in [4.78, 5) is 21.2. The third-order valence-corrected chi connectivity index (χ3v) is 1.65. The van der Waals surface area contributed by atoms with E-state index in [2.05, 4.69) is 0 Å². The number of hydrogen-bond donors (Lipinski definition) is 0. The van der Waals surface area contributed by atoms with Gasteiger partial charge in [-0.15, -0.1) is 0 Å². The van der Waals surface area contributed by atoms with Crippen LogP contribution in [0.25, 0.3) is 0 Å². The van der Waals surface area contributed by atoms with E-state index >= 15 is 0 Å². The highest BCUT2D eigenvalue weighted by atomic mass is 16.6. The molecule has 12 heavy (non-hydrogen) atoms. The van der Waals surface area contributed by atoms with Crippen molar-refractivity contribution < 1.29 is 14.3 Å². The molecule has 0 N–H and O–H groups in total. The summed E-state index contributed by atoms with van der Waals surface area (Å²) in [5.74, 6) is -0.402. The normalized spacial score (nSPS) is 14.9. The van der Waals surface area contributed by atoms with Crippen LogP contribution in [0.3, 0.4) is 0 Å². The second-order valence-electron chi connectivity index (χ2n) is 3.13. The summed E-state index contributed by atoms with van der Waals surface area (Å²) in [7, 11) is 0. The number of carbonyl (C=O) groups excluding carboxylic acids is 2. The maximum absolute atomic E-state index is 10.6. The highest BCUT2D eigenvalue weighted by Crippen LogP contribution is 2.16. The second-order valence-corrected chi connectivity index (χ2v) is 3.13. The SMILES string of the molecule is CCCCC(C)(C=O)OC(C)=O. The molecule has 0 saturated carbocycles. The predicted octanol–water partition coefficient (Wildman–Crippen LogP) is 1.70. The van der Waals surface area contributed by atoms with Gasteiger partial charge in [-0.1, -0.05) is 13.3 Å². The predicted molar refractivity (Wildman–Crippen MR) is 45.8 cm³/mol. The van der Waals surface area contributed by atoms with Crippen LogP contribution in [0.1, 0.15) is 40.0 Å². The number of esters is 1. The molecule has 0 fully saturated rings. The summed E-state index contributed by atoms with van der Waals surface area (Å²) in [6, 6.07) is 0. The van der Waals surface area contributed by atoms with Crippen LogP contribution in [-0.2, 0) is 14.3 Å². The van der Waals surface area contributed by atoms with E-state index in [1.54, 1.807) is 6.92 Å². The number of rotatable bonds is 5. The number of carbonyl (C=O) groups is 2. The largest absolute Gasteiger partial charge is 0.452 e. The van der Waals surface area contributed by atoms with Gasteiger partial charge in [-0.3, -0.25) is 9.59 Å². The lowest BCUT2D eigenvalue weighted by Gasteiger charge is -2.22. The van der Waals surface area contributed by atoms with E-state index in [0.717, 1.165) is 12.8 Å². The van der Waals surface area contributed by atoms with E-state index in [9.17, 15) is 9.59 Å². The number of unbranched alkanes of at least 4 members (excludes halogenated alkanes) is 1. The molecule has 0 bridgehead atoms. The molecule has 1 atom stereocenters. The van der Waals surface area contributed by atoms with Gasteiger partial charge < -0.3 is 4.74 Å². The quantitative estimate of drug-likeness (QED) is 0.468. The molecule has 0 rings (SSSR count). The van der Waals surface area contributed by atoms with E-state index in [1.165, 1.54) is 6.92 Å². The first-order chi connectivity index (χ1) is 5.54. The monoisotopic (exact) mass is 172 g/mol. The smallest absolute Gasteiger partial charge is 0.303 e. The van der Waals surface area contributed by atoms with Crippen LogP contribution in [0.5, 0.6) is 0 Å². The van der Waals surface area contributed by atoms with Crippen LogP contribution >= 0.6 is 0 Å². The van der Waals surface area contributed by atoms with Crippen LogP contribution < -0.4 is 0 Å². The van der Waals surface area contributed by atoms with E-state index in [-0.39, 0.29) is 0 Å². The standard InChI is InChI=1S/C9H16O3/c1-4-5-6-9(3,7-10)12-8(2)11/h7H,4-6H2,1-3H3. The second kappa shape index (κ2) is 4.91. The van der Waals surface area contributed by atoms with E-state index in [4.69, 9.17) is 4.74 Å². The molecule has 0 aliphatic rings. The first-order valence-corrected chi connectivity index (χ1v) is 4.20. The van der Waals surface area contributed by atoms with Gasteiger partial charge in [0.2, 0.25) is 0 Å². The lowest BCUT2D eigenvalue weighted by atomic mass is 10.0. The molecule has 0 aliphatic heterocycles. The summed E-state index contributed by atoms with van der Waals surface area (Å²) >= 11 is 0. The fourth-order valence-corrected chi connectivity index (χ4v) is 0.990. The fourth-order valence-electron chi connectivity index (χ4n) is 0.990. The van der Waals surface area contributed by atoms with Crippen molar-refractivity contribution in [2.45, 2.75) is 45.6 Å². The average molecular weight is 172 g/mol. The van der Waals surface area contributed by atoms with Gasteiger partial charge >= 0.3 is 5.97 Å². The molecule has 0 saturated heterocycles. The molecule has 1 unspecified atom stereocenters. The van der Waals surface area contributed by atoms with Gasteiger partial charge in [0.05, 0.1) is 0 Å². The van der Waals surface area contributed by atoms with Crippen molar-refractivity contribution in [1.29, 1.82) is 0 Å². The molecular weight excluding hydrogens is 156 g/mol. The lowest BCUT2D eigenvalue weighted by molar-refractivity contribution is -0.159. The Morgan fingerprint density at radius 3 is 2.50 bits per heavy atom. The molecule has 0 aliphatic carbocycles. The van der Waals surface area contributed by atoms with Gasteiger partial charge in [-0.2, -0.15) is 0 Å². The zero-order chi connectivity index (χ0) is 9.61. The zero-order valence-electron chi connectivity index (χ0n) is 7.92. The van der Waals surface area contributed by atoms with Crippen molar-refractivity contribution in [3.63, 3.8) is 0 Å². The first-order valence-electron chi connectivity index (χ1n) is 4.20. The molecule has 3 nitrogen and oxygen atoms in total. The Morgan fingerprint density at radius 1 is 1.58 bits per heavy atom. The third kappa shape index (κ3) is 4.11. The molecular formula is C9H16O3. The summed E-state index contributed by atoms with van der Waals surface area (Å²) in [6.07, 6.45) is 3.18. The Kier molecular flexibility index (Phi) is 4.55. The van der Waals surface area contributed by atoms with Gasteiger partial charge in [-0.05, 0) is 19.8 Å². The minimum absolute atomic E-state index is 0.402. The molecule has 0 aromatic carbocycles. The van der Waals surface area contributed by atoms with Crippen molar-refractivity contribution >= 4 is 12.3 Å². The Labute approximate surface area is 73.1 Å². The molecule has 0 amide bonds. The van der Waals surface area contributed by atoms with E-state index < -0.39 is 11.6 Å². The van der Waals surface area contributed by atoms with Crippen molar-refractivity contribution in [2.24, 2.45) is 0 Å². The van der Waals surface area contributed by atoms with Gasteiger partial charge in [-0.25, -0.2) is 0 Å². The van der Waals surface area contributed by atoms with Crippen LogP contribution in [0, 0.1) is 0 Å². The van der Waals surface area contributed by atoms with Crippen molar-refractivity contribution in [1.82, 2.24) is 0 Å². The van der Waals surface area contributed by atoms with Gasteiger partial charge in [0.15, 0.2) is 11.9 Å². The van der Waals surface area contributed by atoms with Crippen molar-refractivity contribution in [3.8, 4) is 0 Å². The van der Waals surface area contributed by atoms with Crippen molar-refractivity contribution in [3.05, 3.63) is 0 Å². The van der Waals surface area contributed by atoms with Gasteiger partial charge in [0, 0.05) is 6.92 Å². The molecule has 0 aromatic heterocycles. The fraction of sp³-hybridized carbons (Fsp3) is 0.778. The average Bonchev–Trinajstić information content (AvgIpc) is 2.00. The molecule has 0 aromatic rings. The number of ether oxygens (including phenoxy) is 1. The summed E-state index contributed by atoms with van der Waals surface area (Å²) in [5, 5.41) is 0. The maximum atomic E-state index is 10.6. The Hall–Kier alpha value is -0.860. The van der Waals surface area contributed by atoms with Crippen molar-refractivity contribution in [2.75, 3.05) is 0 Å². The highest BCUT2D eigenvalue weighted by Gasteiger charge is 2.25. The maximum Gasteiger partial charge on any atom is 0.303 e. The minimum atomic E-state index is -0.915. The van der Waals surface area contributed by atoms with Crippen LogP contribution in [0.2, 0.25) is 0 Å². The molecule has 70 valence electrons. The lowest BCUT2D eigenvalue weighted by Crippen LogP contribution is -2.32. The Bertz CT molecular complexity index is 165. The minimum Gasteiger partial charge on any atom is -0.452 e. The Morgan fingerprint density at radius 2 is 2.17 bits per heavy atom. The van der Waals surface area contributed by atoms with Crippen LogP contribution in [0.15, 0.2) is 0 Å². The highest BCUT2D eigenvalue weighted by molar-refractivity contribution is 5.72. The zero-order valence-corrected chi connectivity index (χ0v) is 7.92. The summed E-state index contributed by atoms with van der Waals surface area (Å²) in [6.45, 7) is 4.98. The number of hydrogen-bond acceptors (Lipinski definition) is 3. The topological polar surface area (TPSA) is 43.4 Å². The third-order valence-electron chi connectivity index (χ3n) is 1.65. The number of aldehydes is 1. The van der Waals surface area contributed by atoms with E-state index in [0.29, 0.717) is 12.7 Å². The van der Waals surface area contributed by atoms with E-state index in [1.807, 2.05) is 6.92 Å². The summed E-state index contributed by atoms with van der Waals surface area (Å²) in [5.41, 5.74) is -0.915. The Balaban J connectivity index is 4.04. The molecule has 0 spiro atoms.